The van der Waals surface area contributed by atoms with Crippen LogP contribution in [0.15, 0.2) is 18.2 Å². The Hall–Kier alpha value is -1.17. The minimum atomic E-state index is -0.567. The Balaban J connectivity index is 1.90. The molecule has 4 nitrogen and oxygen atoms in total. The molecule has 0 aliphatic carbocycles. The van der Waals surface area contributed by atoms with Gasteiger partial charge in [0.1, 0.15) is 5.82 Å². The number of nitrogens with two attached hydrogens (primary N) is 1. The van der Waals surface area contributed by atoms with Gasteiger partial charge < -0.3 is 15.4 Å². The summed E-state index contributed by atoms with van der Waals surface area (Å²) in [7, 11) is 0. The van der Waals surface area contributed by atoms with Crippen molar-refractivity contribution in [1.82, 2.24) is 4.90 Å². The van der Waals surface area contributed by atoms with Crippen molar-refractivity contribution in [2.75, 3.05) is 26.2 Å². The quantitative estimate of drug-likeness (QED) is 0.849. The van der Waals surface area contributed by atoms with Crippen molar-refractivity contribution in [3.8, 4) is 0 Å². The van der Waals surface area contributed by atoms with E-state index < -0.39 is 5.82 Å². The van der Waals surface area contributed by atoms with Crippen LogP contribution in [0, 0.1) is 5.82 Å². The molecule has 0 bridgehead atoms. The molecule has 6 heteroatoms. The molecule has 0 atom stereocenters. The van der Waals surface area contributed by atoms with Crippen LogP contribution in [-0.2, 0) is 4.74 Å². The second-order valence-corrected chi connectivity index (χ2v) is 5.48. The molecule has 1 aromatic carbocycles. The Bertz CT molecular complexity index is 491. The molecule has 1 amide bonds. The molecule has 0 unspecified atom stereocenters. The van der Waals surface area contributed by atoms with E-state index in [2.05, 4.69) is 0 Å². The third-order valence-corrected chi connectivity index (χ3v) is 4.00. The molecule has 0 saturated carbocycles. The van der Waals surface area contributed by atoms with Gasteiger partial charge in [0.15, 0.2) is 0 Å². The molecular formula is C15H20ClFN2O2. The van der Waals surface area contributed by atoms with Crippen LogP contribution in [0.25, 0.3) is 0 Å². The van der Waals surface area contributed by atoms with Crippen molar-refractivity contribution < 1.29 is 13.9 Å². The highest BCUT2D eigenvalue weighted by molar-refractivity contribution is 6.34. The number of hydrogen-bond donors (Lipinski definition) is 1. The van der Waals surface area contributed by atoms with E-state index in [-0.39, 0.29) is 22.6 Å². The van der Waals surface area contributed by atoms with Gasteiger partial charge in [-0.25, -0.2) is 4.39 Å². The third-order valence-electron chi connectivity index (χ3n) is 3.61. The van der Waals surface area contributed by atoms with E-state index >= 15 is 0 Å². The Labute approximate surface area is 129 Å². The Morgan fingerprint density at radius 1 is 1.43 bits per heavy atom. The highest BCUT2D eigenvalue weighted by Crippen LogP contribution is 2.23. The lowest BCUT2D eigenvalue weighted by Gasteiger charge is -2.32. The summed E-state index contributed by atoms with van der Waals surface area (Å²) in [6.07, 6.45) is 2.58. The van der Waals surface area contributed by atoms with Crippen molar-refractivity contribution in [3.63, 3.8) is 0 Å². The van der Waals surface area contributed by atoms with E-state index in [1.807, 2.05) is 0 Å². The summed E-state index contributed by atoms with van der Waals surface area (Å²) < 4.78 is 19.1. The fourth-order valence-electron chi connectivity index (χ4n) is 2.40. The number of halogens is 2. The zero-order valence-electron chi connectivity index (χ0n) is 11.9. The molecule has 2 N–H and O–H groups in total. The first-order valence-corrected chi connectivity index (χ1v) is 7.56. The maximum Gasteiger partial charge on any atom is 0.255 e. The number of benzene rings is 1. The summed E-state index contributed by atoms with van der Waals surface area (Å²) in [5, 5.41) is -0.108. The number of nitrogens with zero attached hydrogens (tertiary/aromatic N) is 1. The van der Waals surface area contributed by atoms with Gasteiger partial charge in [0.2, 0.25) is 0 Å². The first kappa shape index (κ1) is 16.2. The van der Waals surface area contributed by atoms with Crippen LogP contribution >= 0.6 is 11.6 Å². The van der Waals surface area contributed by atoms with Crippen LogP contribution in [0.1, 0.15) is 29.6 Å². The van der Waals surface area contributed by atoms with Crippen molar-refractivity contribution >= 4 is 17.5 Å². The van der Waals surface area contributed by atoms with Gasteiger partial charge in [0.25, 0.3) is 5.91 Å². The Morgan fingerprint density at radius 3 is 2.81 bits per heavy atom. The van der Waals surface area contributed by atoms with Gasteiger partial charge in [-0.1, -0.05) is 17.7 Å². The monoisotopic (exact) mass is 314 g/mol. The standard InChI is InChI=1S/C15H20ClFN2O2/c16-14-12(3-1-4-13(14)17)15(20)19-8-5-11(6-9-19)21-10-2-7-18/h1,3-4,11H,2,5-10,18H2. The molecule has 1 aromatic rings. The van der Waals surface area contributed by atoms with E-state index in [9.17, 15) is 9.18 Å². The number of piperidine rings is 1. The van der Waals surface area contributed by atoms with Crippen LogP contribution in [0.4, 0.5) is 4.39 Å². The number of carbonyl (C=O) groups is 1. The Kier molecular flexibility index (Phi) is 5.96. The van der Waals surface area contributed by atoms with E-state index in [4.69, 9.17) is 22.1 Å². The molecule has 1 saturated heterocycles. The summed E-state index contributed by atoms with van der Waals surface area (Å²) in [4.78, 5) is 14.1. The lowest BCUT2D eigenvalue weighted by molar-refractivity contribution is 0.00844. The zero-order chi connectivity index (χ0) is 15.2. The van der Waals surface area contributed by atoms with Gasteiger partial charge in [-0.15, -0.1) is 0 Å². The maximum absolute atomic E-state index is 13.4. The van der Waals surface area contributed by atoms with Crippen molar-refractivity contribution in [3.05, 3.63) is 34.6 Å². The van der Waals surface area contributed by atoms with Crippen molar-refractivity contribution in [2.24, 2.45) is 5.73 Å². The number of carbonyl (C=O) groups excluding carboxylic acids is 1. The summed E-state index contributed by atoms with van der Waals surface area (Å²) in [5.74, 6) is -0.789. The Morgan fingerprint density at radius 2 is 2.14 bits per heavy atom. The number of amides is 1. The molecule has 21 heavy (non-hydrogen) atoms. The minimum absolute atomic E-state index is 0.108. The van der Waals surface area contributed by atoms with Crippen LogP contribution in [0.3, 0.4) is 0 Å². The predicted molar refractivity (Wildman–Crippen MR) is 80.0 cm³/mol. The van der Waals surface area contributed by atoms with Gasteiger partial charge >= 0.3 is 0 Å². The van der Waals surface area contributed by atoms with Crippen LogP contribution in [0.5, 0.6) is 0 Å². The van der Waals surface area contributed by atoms with Crippen molar-refractivity contribution in [1.29, 1.82) is 0 Å². The van der Waals surface area contributed by atoms with E-state index in [0.29, 0.717) is 26.2 Å². The average Bonchev–Trinajstić information content (AvgIpc) is 2.50. The number of hydrogen-bond acceptors (Lipinski definition) is 3. The molecule has 1 aliphatic heterocycles. The average molecular weight is 315 g/mol. The minimum Gasteiger partial charge on any atom is -0.378 e. The second-order valence-electron chi connectivity index (χ2n) is 5.11. The van der Waals surface area contributed by atoms with E-state index in [1.54, 1.807) is 11.0 Å². The SMILES string of the molecule is NCCCOC1CCN(C(=O)c2cccc(F)c2Cl)CC1. The molecule has 2 rings (SSSR count). The molecule has 1 aliphatic rings. The third kappa shape index (κ3) is 4.15. The second kappa shape index (κ2) is 7.73. The molecule has 0 aromatic heterocycles. The topological polar surface area (TPSA) is 55.6 Å². The molecule has 1 fully saturated rings. The zero-order valence-corrected chi connectivity index (χ0v) is 12.6. The lowest BCUT2D eigenvalue weighted by atomic mass is 10.1. The van der Waals surface area contributed by atoms with Crippen LogP contribution in [0.2, 0.25) is 5.02 Å². The van der Waals surface area contributed by atoms with E-state index in [1.165, 1.54) is 12.1 Å². The maximum atomic E-state index is 13.4. The van der Waals surface area contributed by atoms with Gasteiger partial charge in [-0.05, 0) is 37.9 Å². The molecule has 116 valence electrons. The van der Waals surface area contributed by atoms with Gasteiger partial charge in [0, 0.05) is 19.7 Å². The highest BCUT2D eigenvalue weighted by Gasteiger charge is 2.25. The largest absolute Gasteiger partial charge is 0.378 e. The molecule has 0 radical (unpaired) electrons. The van der Waals surface area contributed by atoms with Crippen LogP contribution in [-0.4, -0.2) is 43.2 Å². The lowest BCUT2D eigenvalue weighted by Crippen LogP contribution is -2.41. The summed E-state index contributed by atoms with van der Waals surface area (Å²) in [5.41, 5.74) is 5.64. The first-order chi connectivity index (χ1) is 10.1. The normalized spacial score (nSPS) is 16.2. The first-order valence-electron chi connectivity index (χ1n) is 7.18. The molecule has 1 heterocycles. The summed E-state index contributed by atoms with van der Waals surface area (Å²) in [6, 6.07) is 4.30. The van der Waals surface area contributed by atoms with E-state index in [0.717, 1.165) is 19.3 Å². The predicted octanol–water partition coefficient (Wildman–Crippen LogP) is 2.45. The smallest absolute Gasteiger partial charge is 0.255 e. The van der Waals surface area contributed by atoms with Crippen molar-refractivity contribution in [2.45, 2.75) is 25.4 Å². The van der Waals surface area contributed by atoms with Crippen LogP contribution < -0.4 is 5.73 Å². The molecule has 0 spiro atoms. The fourth-order valence-corrected chi connectivity index (χ4v) is 2.61. The number of ether oxygens (including phenoxy) is 1. The number of rotatable bonds is 5. The molecular weight excluding hydrogens is 295 g/mol. The number of likely N-dealkylation sites (tertiary alicyclic amines) is 1. The fraction of sp³-hybridized carbons (Fsp3) is 0.533. The van der Waals surface area contributed by atoms with Gasteiger partial charge in [-0.3, -0.25) is 4.79 Å². The highest BCUT2D eigenvalue weighted by atomic mass is 35.5. The summed E-state index contributed by atoms with van der Waals surface area (Å²) in [6.45, 7) is 2.47. The van der Waals surface area contributed by atoms with Gasteiger partial charge in [-0.2, -0.15) is 0 Å². The van der Waals surface area contributed by atoms with Gasteiger partial charge in [0.05, 0.1) is 16.7 Å². The summed E-state index contributed by atoms with van der Waals surface area (Å²) >= 11 is 5.86.